The fourth-order valence-electron chi connectivity index (χ4n) is 3.12. The minimum atomic E-state index is -0.390. The Labute approximate surface area is 161 Å². The van der Waals surface area contributed by atoms with Gasteiger partial charge >= 0.3 is 5.69 Å². The van der Waals surface area contributed by atoms with Gasteiger partial charge in [-0.15, -0.1) is 5.10 Å². The first kappa shape index (κ1) is 17.7. The Morgan fingerprint density at radius 3 is 2.57 bits per heavy atom. The Bertz CT molecular complexity index is 1220. The van der Waals surface area contributed by atoms with Gasteiger partial charge in [0.1, 0.15) is 12.4 Å². The van der Waals surface area contributed by atoms with Gasteiger partial charge in [0.15, 0.2) is 5.65 Å². The Morgan fingerprint density at radius 1 is 1.04 bits per heavy atom. The Morgan fingerprint density at radius 2 is 1.82 bits per heavy atom. The van der Waals surface area contributed by atoms with Crippen molar-refractivity contribution in [1.82, 2.24) is 19.2 Å². The predicted octanol–water partition coefficient (Wildman–Crippen LogP) is 2.81. The second kappa shape index (κ2) is 7.11. The fraction of sp³-hybridized carbons (Fsp3) is 0.143. The topological polar surface area (TPSA) is 81.3 Å². The van der Waals surface area contributed by atoms with Crippen LogP contribution in [0.1, 0.15) is 11.4 Å². The summed E-state index contributed by atoms with van der Waals surface area (Å²) in [5.74, 6) is 0.205. The third-order valence-corrected chi connectivity index (χ3v) is 4.40. The van der Waals surface area contributed by atoms with E-state index in [0.717, 1.165) is 21.5 Å². The van der Waals surface area contributed by atoms with E-state index < -0.39 is 0 Å². The molecule has 0 radical (unpaired) electrons. The van der Waals surface area contributed by atoms with Crippen LogP contribution in [0.4, 0.5) is 5.69 Å². The number of carbonyl (C=O) groups is 1. The van der Waals surface area contributed by atoms with E-state index in [4.69, 9.17) is 0 Å². The molecular weight excluding hydrogens is 354 g/mol. The smallest absolute Gasteiger partial charge is 0.324 e. The maximum atomic E-state index is 12.7. The van der Waals surface area contributed by atoms with Crippen LogP contribution in [0.3, 0.4) is 0 Å². The largest absolute Gasteiger partial charge is 0.352 e. The number of hydrogen-bond acceptors (Lipinski definition) is 4. The van der Waals surface area contributed by atoms with Gasteiger partial charge in [0.2, 0.25) is 5.91 Å². The molecule has 1 amide bonds. The maximum Gasteiger partial charge on any atom is 0.352 e. The Balaban J connectivity index is 1.65. The summed E-state index contributed by atoms with van der Waals surface area (Å²) < 4.78 is 2.57. The number of nitrogens with zero attached hydrogens (tertiary/aromatic N) is 4. The summed E-state index contributed by atoms with van der Waals surface area (Å²) in [6, 6.07) is 18.9. The van der Waals surface area contributed by atoms with Crippen LogP contribution in [0.25, 0.3) is 16.9 Å². The molecule has 7 heteroatoms. The number of anilines is 1. The van der Waals surface area contributed by atoms with Gasteiger partial charge in [-0.1, -0.05) is 42.5 Å². The molecule has 0 unspecified atom stereocenters. The molecule has 0 aliphatic heterocycles. The molecule has 0 aliphatic carbocycles. The quantitative estimate of drug-likeness (QED) is 0.596. The number of carbonyl (C=O) groups excluding carboxylic acids is 1. The second-order valence-corrected chi connectivity index (χ2v) is 6.61. The molecule has 0 atom stereocenters. The number of rotatable bonds is 4. The van der Waals surface area contributed by atoms with Crippen molar-refractivity contribution in [2.45, 2.75) is 20.4 Å². The standard InChI is InChI=1S/C21H19N5O2/c1-14-7-6-10-17(11-14)23-20(27)13-25-21(28)26-15(2)22-18(12-19(26)24-25)16-8-4-3-5-9-16/h3-12H,13H2,1-2H3,(H,23,27). The number of nitrogens with one attached hydrogen (secondary N) is 1. The van der Waals surface area contributed by atoms with Crippen LogP contribution in [-0.4, -0.2) is 25.1 Å². The third-order valence-electron chi connectivity index (χ3n) is 4.40. The van der Waals surface area contributed by atoms with E-state index in [1.807, 2.05) is 55.5 Å². The highest BCUT2D eigenvalue weighted by molar-refractivity contribution is 5.90. The van der Waals surface area contributed by atoms with Gasteiger partial charge in [0.25, 0.3) is 0 Å². The molecule has 0 aliphatic rings. The van der Waals surface area contributed by atoms with E-state index in [2.05, 4.69) is 15.4 Å². The van der Waals surface area contributed by atoms with Crippen LogP contribution in [-0.2, 0) is 11.3 Å². The number of benzene rings is 2. The minimum absolute atomic E-state index is 0.172. The van der Waals surface area contributed by atoms with Crippen molar-refractivity contribution >= 4 is 17.2 Å². The van der Waals surface area contributed by atoms with E-state index in [1.54, 1.807) is 19.1 Å². The first-order chi connectivity index (χ1) is 13.5. The molecule has 2 aromatic carbocycles. The van der Waals surface area contributed by atoms with Gasteiger partial charge in [0, 0.05) is 17.3 Å². The number of aromatic nitrogens is 4. The highest BCUT2D eigenvalue weighted by Crippen LogP contribution is 2.18. The average molecular weight is 373 g/mol. The lowest BCUT2D eigenvalue weighted by Crippen LogP contribution is -2.28. The molecule has 140 valence electrons. The van der Waals surface area contributed by atoms with Crippen LogP contribution < -0.4 is 11.0 Å². The summed E-state index contributed by atoms with van der Waals surface area (Å²) in [7, 11) is 0. The van der Waals surface area contributed by atoms with Gasteiger partial charge < -0.3 is 5.32 Å². The Kier molecular flexibility index (Phi) is 4.49. The molecule has 2 heterocycles. The monoisotopic (exact) mass is 373 g/mol. The normalized spacial score (nSPS) is 10.9. The zero-order valence-corrected chi connectivity index (χ0v) is 15.6. The molecule has 7 nitrogen and oxygen atoms in total. The van der Waals surface area contributed by atoms with Crippen LogP contribution in [0.15, 0.2) is 65.5 Å². The first-order valence-electron chi connectivity index (χ1n) is 8.90. The summed E-state index contributed by atoms with van der Waals surface area (Å²) in [5, 5.41) is 7.12. The number of fused-ring (bicyclic) bond motifs is 1. The number of hydrogen-bond donors (Lipinski definition) is 1. The average Bonchev–Trinajstić information content (AvgIpc) is 2.98. The minimum Gasteiger partial charge on any atom is -0.324 e. The molecule has 0 fully saturated rings. The van der Waals surface area contributed by atoms with Gasteiger partial charge in [-0.3, -0.25) is 4.79 Å². The lowest BCUT2D eigenvalue weighted by Gasteiger charge is -2.05. The molecule has 28 heavy (non-hydrogen) atoms. The van der Waals surface area contributed by atoms with Gasteiger partial charge in [-0.05, 0) is 31.5 Å². The highest BCUT2D eigenvalue weighted by Gasteiger charge is 2.14. The van der Waals surface area contributed by atoms with Gasteiger partial charge in [0.05, 0.1) is 5.69 Å². The molecule has 1 N–H and O–H groups in total. The van der Waals surface area contributed by atoms with E-state index in [0.29, 0.717) is 17.2 Å². The van der Waals surface area contributed by atoms with Crippen molar-refractivity contribution in [3.05, 3.63) is 82.5 Å². The van der Waals surface area contributed by atoms with E-state index in [-0.39, 0.29) is 18.1 Å². The SMILES string of the molecule is Cc1cccc(NC(=O)Cn2nc3cc(-c4ccccc4)nc(C)n3c2=O)c1. The fourth-order valence-corrected chi connectivity index (χ4v) is 3.12. The van der Waals surface area contributed by atoms with Crippen LogP contribution >= 0.6 is 0 Å². The summed E-state index contributed by atoms with van der Waals surface area (Å²) in [5.41, 5.74) is 3.46. The van der Waals surface area contributed by atoms with Gasteiger partial charge in [-0.25, -0.2) is 18.9 Å². The van der Waals surface area contributed by atoms with Crippen LogP contribution in [0.5, 0.6) is 0 Å². The van der Waals surface area contributed by atoms with E-state index in [1.165, 1.54) is 4.40 Å². The molecule has 0 saturated heterocycles. The van der Waals surface area contributed by atoms with Crippen molar-refractivity contribution in [3.63, 3.8) is 0 Å². The molecule has 0 saturated carbocycles. The first-order valence-corrected chi connectivity index (χ1v) is 8.90. The predicted molar refractivity (Wildman–Crippen MR) is 107 cm³/mol. The lowest BCUT2D eigenvalue weighted by molar-refractivity contribution is -0.117. The van der Waals surface area contributed by atoms with E-state index in [9.17, 15) is 9.59 Å². The molecule has 0 spiro atoms. The van der Waals surface area contributed by atoms with Crippen molar-refractivity contribution in [3.8, 4) is 11.3 Å². The highest BCUT2D eigenvalue weighted by atomic mass is 16.2. The zero-order valence-electron chi connectivity index (χ0n) is 15.6. The maximum absolute atomic E-state index is 12.7. The lowest BCUT2D eigenvalue weighted by atomic mass is 10.1. The van der Waals surface area contributed by atoms with Crippen molar-refractivity contribution < 1.29 is 4.79 Å². The van der Waals surface area contributed by atoms with Gasteiger partial charge in [-0.2, -0.15) is 0 Å². The number of aryl methyl sites for hydroxylation is 2. The molecular formula is C21H19N5O2. The summed E-state index contributed by atoms with van der Waals surface area (Å²) in [6.45, 7) is 3.52. The van der Waals surface area contributed by atoms with E-state index >= 15 is 0 Å². The molecule has 4 aromatic rings. The van der Waals surface area contributed by atoms with Crippen molar-refractivity contribution in [1.29, 1.82) is 0 Å². The zero-order chi connectivity index (χ0) is 19.7. The molecule has 2 aromatic heterocycles. The van der Waals surface area contributed by atoms with Crippen LogP contribution in [0.2, 0.25) is 0 Å². The number of amides is 1. The summed E-state index contributed by atoms with van der Waals surface area (Å²) >= 11 is 0. The summed E-state index contributed by atoms with van der Waals surface area (Å²) in [4.78, 5) is 29.6. The Hall–Kier alpha value is -3.74. The molecule has 0 bridgehead atoms. The third kappa shape index (κ3) is 3.42. The van der Waals surface area contributed by atoms with Crippen molar-refractivity contribution in [2.75, 3.05) is 5.32 Å². The molecule has 4 rings (SSSR count). The second-order valence-electron chi connectivity index (χ2n) is 6.61. The van der Waals surface area contributed by atoms with Crippen molar-refractivity contribution in [2.24, 2.45) is 0 Å². The summed E-state index contributed by atoms with van der Waals surface area (Å²) in [6.07, 6.45) is 0. The van der Waals surface area contributed by atoms with Crippen LogP contribution in [0, 0.1) is 13.8 Å².